The summed E-state index contributed by atoms with van der Waals surface area (Å²) in [6.45, 7) is 3.35. The number of aliphatic carboxylic acids is 1. The number of carboxylic acids is 1. The lowest BCUT2D eigenvalue weighted by Gasteiger charge is -2.06. The molecule has 74 valence electrons. The van der Waals surface area contributed by atoms with Crippen molar-refractivity contribution in [3.63, 3.8) is 0 Å². The summed E-state index contributed by atoms with van der Waals surface area (Å²) >= 11 is 0. The first-order chi connectivity index (χ1) is 6.63. The lowest BCUT2D eigenvalue weighted by molar-refractivity contribution is -0.132. The van der Waals surface area contributed by atoms with E-state index in [4.69, 9.17) is 9.84 Å². The van der Waals surface area contributed by atoms with Gasteiger partial charge in [0.2, 0.25) is 0 Å². The molecule has 0 amide bonds. The molecule has 1 aromatic carbocycles. The van der Waals surface area contributed by atoms with Crippen LogP contribution in [0.25, 0.3) is 0 Å². The van der Waals surface area contributed by atoms with Crippen LogP contribution in [0.2, 0.25) is 0 Å². The largest absolute Gasteiger partial charge is 0.497 e. The van der Waals surface area contributed by atoms with Gasteiger partial charge >= 0.3 is 5.97 Å². The van der Waals surface area contributed by atoms with Gasteiger partial charge in [-0.1, -0.05) is 6.58 Å². The molecule has 0 fully saturated rings. The third-order valence-electron chi connectivity index (χ3n) is 1.64. The van der Waals surface area contributed by atoms with Gasteiger partial charge in [-0.3, -0.25) is 0 Å². The molecule has 0 bridgehead atoms. The van der Waals surface area contributed by atoms with E-state index in [2.05, 4.69) is 11.9 Å². The Labute approximate surface area is 81.8 Å². The van der Waals surface area contributed by atoms with Crippen LogP contribution in [0.4, 0.5) is 5.69 Å². The highest BCUT2D eigenvalue weighted by atomic mass is 16.5. The number of rotatable bonds is 4. The molecular formula is C10H11NO3. The Morgan fingerprint density at radius 3 is 2.43 bits per heavy atom. The van der Waals surface area contributed by atoms with Crippen molar-refractivity contribution in [2.45, 2.75) is 0 Å². The summed E-state index contributed by atoms with van der Waals surface area (Å²) in [4.78, 5) is 10.4. The summed E-state index contributed by atoms with van der Waals surface area (Å²) in [6, 6.07) is 6.90. The molecule has 0 saturated carbocycles. The van der Waals surface area contributed by atoms with Gasteiger partial charge in [0.15, 0.2) is 0 Å². The summed E-state index contributed by atoms with van der Waals surface area (Å²) < 4.78 is 4.96. The van der Waals surface area contributed by atoms with E-state index in [9.17, 15) is 4.79 Å². The molecule has 0 aliphatic rings. The molecule has 4 nitrogen and oxygen atoms in total. The quantitative estimate of drug-likeness (QED) is 0.714. The number of nitrogens with one attached hydrogen (secondary N) is 1. The number of ether oxygens (including phenoxy) is 1. The first-order valence-corrected chi connectivity index (χ1v) is 3.97. The third kappa shape index (κ3) is 2.52. The molecule has 2 N–H and O–H groups in total. The zero-order valence-corrected chi connectivity index (χ0v) is 7.78. The van der Waals surface area contributed by atoms with Crippen LogP contribution >= 0.6 is 0 Å². The number of methoxy groups -OCH3 is 1. The number of hydrogen-bond donors (Lipinski definition) is 2. The average molecular weight is 193 g/mol. The first kappa shape index (κ1) is 10.1. The normalized spacial score (nSPS) is 9.21. The van der Waals surface area contributed by atoms with E-state index in [-0.39, 0.29) is 5.70 Å². The van der Waals surface area contributed by atoms with Crippen LogP contribution in [0.5, 0.6) is 5.75 Å². The van der Waals surface area contributed by atoms with Crippen LogP contribution in [0, 0.1) is 0 Å². The highest BCUT2D eigenvalue weighted by Gasteiger charge is 2.03. The minimum atomic E-state index is -1.07. The Morgan fingerprint density at radius 1 is 1.43 bits per heavy atom. The SMILES string of the molecule is C=C(Nc1ccc(OC)cc1)C(=O)O. The number of benzene rings is 1. The van der Waals surface area contributed by atoms with Crippen molar-refractivity contribution in [3.8, 4) is 5.75 Å². The van der Waals surface area contributed by atoms with Gasteiger partial charge in [0, 0.05) is 5.69 Å². The molecule has 14 heavy (non-hydrogen) atoms. The molecule has 0 spiro atoms. The molecule has 0 saturated heterocycles. The molecule has 0 aromatic heterocycles. The molecule has 1 aromatic rings. The van der Waals surface area contributed by atoms with Gasteiger partial charge in [-0.05, 0) is 24.3 Å². The lowest BCUT2D eigenvalue weighted by Crippen LogP contribution is -2.08. The van der Waals surface area contributed by atoms with E-state index in [1.807, 2.05) is 0 Å². The molecule has 4 heteroatoms. The van der Waals surface area contributed by atoms with Gasteiger partial charge < -0.3 is 15.2 Å². The van der Waals surface area contributed by atoms with Crippen molar-refractivity contribution in [1.82, 2.24) is 0 Å². The second kappa shape index (κ2) is 4.32. The predicted octanol–water partition coefficient (Wildman–Crippen LogP) is 1.71. The smallest absolute Gasteiger partial charge is 0.351 e. The zero-order chi connectivity index (χ0) is 10.6. The summed E-state index contributed by atoms with van der Waals surface area (Å²) in [5.41, 5.74) is 0.605. The Morgan fingerprint density at radius 2 is 2.00 bits per heavy atom. The second-order valence-electron chi connectivity index (χ2n) is 2.64. The van der Waals surface area contributed by atoms with Gasteiger partial charge in [-0.2, -0.15) is 0 Å². The molecule has 0 heterocycles. The fraction of sp³-hybridized carbons (Fsp3) is 0.100. The minimum absolute atomic E-state index is 0.0600. The number of carboxylic acid groups (broad SMARTS) is 1. The van der Waals surface area contributed by atoms with Crippen LogP contribution in [0.1, 0.15) is 0 Å². The van der Waals surface area contributed by atoms with Crippen molar-refractivity contribution < 1.29 is 14.6 Å². The van der Waals surface area contributed by atoms with Gasteiger partial charge in [0.1, 0.15) is 11.4 Å². The predicted molar refractivity (Wildman–Crippen MR) is 53.4 cm³/mol. The average Bonchev–Trinajstić information content (AvgIpc) is 2.19. The van der Waals surface area contributed by atoms with E-state index < -0.39 is 5.97 Å². The Balaban J connectivity index is 2.69. The van der Waals surface area contributed by atoms with Crippen molar-refractivity contribution in [2.75, 3.05) is 12.4 Å². The van der Waals surface area contributed by atoms with Crippen molar-refractivity contribution >= 4 is 11.7 Å². The number of hydrogen-bond acceptors (Lipinski definition) is 3. The highest BCUT2D eigenvalue weighted by Crippen LogP contribution is 2.15. The van der Waals surface area contributed by atoms with Gasteiger partial charge in [-0.15, -0.1) is 0 Å². The van der Waals surface area contributed by atoms with E-state index in [1.165, 1.54) is 0 Å². The van der Waals surface area contributed by atoms with Crippen LogP contribution in [-0.2, 0) is 4.79 Å². The second-order valence-corrected chi connectivity index (χ2v) is 2.64. The van der Waals surface area contributed by atoms with E-state index >= 15 is 0 Å². The first-order valence-electron chi connectivity index (χ1n) is 3.97. The zero-order valence-electron chi connectivity index (χ0n) is 7.78. The topological polar surface area (TPSA) is 58.6 Å². The Bertz CT molecular complexity index is 343. The highest BCUT2D eigenvalue weighted by molar-refractivity contribution is 5.89. The van der Waals surface area contributed by atoms with Crippen molar-refractivity contribution in [3.05, 3.63) is 36.5 Å². The summed E-state index contributed by atoms with van der Waals surface area (Å²) in [6.07, 6.45) is 0. The summed E-state index contributed by atoms with van der Waals surface area (Å²) in [5, 5.41) is 11.2. The van der Waals surface area contributed by atoms with E-state index in [0.717, 1.165) is 5.75 Å². The number of anilines is 1. The summed E-state index contributed by atoms with van der Waals surface area (Å²) in [7, 11) is 1.57. The maximum Gasteiger partial charge on any atom is 0.351 e. The fourth-order valence-corrected chi connectivity index (χ4v) is 0.902. The third-order valence-corrected chi connectivity index (χ3v) is 1.64. The van der Waals surface area contributed by atoms with E-state index in [1.54, 1.807) is 31.4 Å². The Hall–Kier alpha value is -1.97. The van der Waals surface area contributed by atoms with Crippen LogP contribution in [0.3, 0.4) is 0 Å². The fourth-order valence-electron chi connectivity index (χ4n) is 0.902. The van der Waals surface area contributed by atoms with Gasteiger partial charge in [-0.25, -0.2) is 4.79 Å². The standard InChI is InChI=1S/C10H11NO3/c1-7(10(12)13)11-8-3-5-9(14-2)6-4-8/h3-6,11H,1H2,2H3,(H,12,13). The molecule has 0 atom stereocenters. The van der Waals surface area contributed by atoms with Crippen LogP contribution in [-0.4, -0.2) is 18.2 Å². The maximum atomic E-state index is 10.4. The van der Waals surface area contributed by atoms with Gasteiger partial charge in [0.05, 0.1) is 7.11 Å². The molecule has 1 rings (SSSR count). The Kier molecular flexibility index (Phi) is 3.12. The minimum Gasteiger partial charge on any atom is -0.497 e. The molecule has 0 aliphatic carbocycles. The number of carbonyl (C=O) groups is 1. The van der Waals surface area contributed by atoms with Gasteiger partial charge in [0.25, 0.3) is 0 Å². The lowest BCUT2D eigenvalue weighted by atomic mass is 10.3. The molecule has 0 unspecified atom stereocenters. The van der Waals surface area contributed by atoms with Crippen molar-refractivity contribution in [1.29, 1.82) is 0 Å². The maximum absolute atomic E-state index is 10.4. The van der Waals surface area contributed by atoms with E-state index in [0.29, 0.717) is 5.69 Å². The monoisotopic (exact) mass is 193 g/mol. The summed E-state index contributed by atoms with van der Waals surface area (Å²) in [5.74, 6) is -0.350. The molecule has 0 radical (unpaired) electrons. The van der Waals surface area contributed by atoms with Crippen LogP contribution in [0.15, 0.2) is 36.5 Å². The van der Waals surface area contributed by atoms with Crippen molar-refractivity contribution in [2.24, 2.45) is 0 Å². The van der Waals surface area contributed by atoms with Crippen LogP contribution < -0.4 is 10.1 Å². The molecule has 0 aliphatic heterocycles. The molecular weight excluding hydrogens is 182 g/mol.